The summed E-state index contributed by atoms with van der Waals surface area (Å²) in [5.74, 6) is 0. The van der Waals surface area contributed by atoms with Crippen molar-refractivity contribution in [2.75, 3.05) is 0 Å². The van der Waals surface area contributed by atoms with Gasteiger partial charge in [-0.15, -0.1) is 0 Å². The zero-order valence-electron chi connectivity index (χ0n) is 13.5. The molecule has 0 unspecified atom stereocenters. The predicted octanol–water partition coefficient (Wildman–Crippen LogP) is 4.45. The molecule has 2 aromatic carbocycles. The molecule has 0 N–H and O–H groups in total. The fourth-order valence-electron chi connectivity index (χ4n) is 2.94. The van der Waals surface area contributed by atoms with Crippen molar-refractivity contribution in [1.29, 1.82) is 0 Å². The lowest BCUT2D eigenvalue weighted by Crippen LogP contribution is -2.14. The highest BCUT2D eigenvalue weighted by Crippen LogP contribution is 2.32. The Morgan fingerprint density at radius 3 is 2.26 bits per heavy atom. The number of aryl methyl sites for hydroxylation is 2. The lowest BCUT2D eigenvalue weighted by Gasteiger charge is -2.10. The third kappa shape index (κ3) is 2.30. The Morgan fingerprint density at radius 2 is 1.65 bits per heavy atom. The summed E-state index contributed by atoms with van der Waals surface area (Å²) in [6, 6.07) is 12.6. The summed E-state index contributed by atoms with van der Waals surface area (Å²) in [7, 11) is -3.63. The molecule has 3 nitrogen and oxygen atoms in total. The summed E-state index contributed by atoms with van der Waals surface area (Å²) >= 11 is 0. The molecule has 0 amide bonds. The van der Waals surface area contributed by atoms with Gasteiger partial charge >= 0.3 is 0 Å². The van der Waals surface area contributed by atoms with E-state index in [2.05, 4.69) is 6.58 Å². The van der Waals surface area contributed by atoms with Crippen molar-refractivity contribution in [3.63, 3.8) is 0 Å². The van der Waals surface area contributed by atoms with E-state index in [0.717, 1.165) is 27.8 Å². The van der Waals surface area contributed by atoms with Gasteiger partial charge in [-0.2, -0.15) is 0 Å². The van der Waals surface area contributed by atoms with E-state index in [1.54, 1.807) is 18.2 Å². The average Bonchev–Trinajstić information content (AvgIpc) is 2.80. The third-order valence-corrected chi connectivity index (χ3v) is 6.11. The highest BCUT2D eigenvalue weighted by molar-refractivity contribution is 7.90. The number of hydrogen-bond donors (Lipinski definition) is 0. The van der Waals surface area contributed by atoms with E-state index in [1.165, 1.54) is 3.97 Å². The van der Waals surface area contributed by atoms with Crippen molar-refractivity contribution in [2.24, 2.45) is 0 Å². The third-order valence-electron chi connectivity index (χ3n) is 4.29. The van der Waals surface area contributed by atoms with Crippen molar-refractivity contribution < 1.29 is 8.42 Å². The molecular formula is C19H19NO2S. The minimum absolute atomic E-state index is 0.298. The van der Waals surface area contributed by atoms with Gasteiger partial charge in [-0.1, -0.05) is 42.5 Å². The first-order chi connectivity index (χ1) is 10.9. The van der Waals surface area contributed by atoms with Crippen molar-refractivity contribution in [3.05, 3.63) is 71.4 Å². The van der Waals surface area contributed by atoms with Gasteiger partial charge in [0.25, 0.3) is 10.0 Å². The van der Waals surface area contributed by atoms with Gasteiger partial charge in [0, 0.05) is 11.1 Å². The Morgan fingerprint density at radius 1 is 1.00 bits per heavy atom. The van der Waals surface area contributed by atoms with Gasteiger partial charge in [0.05, 0.1) is 10.4 Å². The molecule has 0 aliphatic rings. The minimum atomic E-state index is -3.63. The summed E-state index contributed by atoms with van der Waals surface area (Å²) in [5, 5.41) is 0.940. The smallest absolute Gasteiger partial charge is 0.238 e. The van der Waals surface area contributed by atoms with E-state index < -0.39 is 10.0 Å². The Hall–Kier alpha value is -2.33. The molecule has 0 bridgehead atoms. The number of nitrogens with zero attached hydrogens (tertiary/aromatic N) is 1. The van der Waals surface area contributed by atoms with Crippen molar-refractivity contribution in [3.8, 4) is 0 Å². The molecule has 0 saturated carbocycles. The monoisotopic (exact) mass is 325 g/mol. The average molecular weight is 325 g/mol. The molecule has 0 aliphatic heterocycles. The van der Waals surface area contributed by atoms with Gasteiger partial charge < -0.3 is 0 Å². The van der Waals surface area contributed by atoms with Crippen LogP contribution in [0.4, 0.5) is 0 Å². The normalized spacial score (nSPS) is 11.8. The van der Waals surface area contributed by atoms with E-state index in [-0.39, 0.29) is 0 Å². The highest BCUT2D eigenvalue weighted by Gasteiger charge is 2.24. The first kappa shape index (κ1) is 15.6. The second-order valence-corrected chi connectivity index (χ2v) is 7.53. The van der Waals surface area contributed by atoms with Gasteiger partial charge in [-0.25, -0.2) is 12.4 Å². The Balaban J connectivity index is 2.38. The number of fused-ring (bicyclic) bond motifs is 1. The van der Waals surface area contributed by atoms with Crippen molar-refractivity contribution in [1.82, 2.24) is 3.97 Å². The van der Waals surface area contributed by atoms with E-state index in [0.29, 0.717) is 10.4 Å². The van der Waals surface area contributed by atoms with E-state index in [4.69, 9.17) is 0 Å². The summed E-state index contributed by atoms with van der Waals surface area (Å²) in [5.41, 5.74) is 4.36. The van der Waals surface area contributed by atoms with Crippen LogP contribution in [0.3, 0.4) is 0 Å². The van der Waals surface area contributed by atoms with Crippen LogP contribution in [-0.2, 0) is 10.0 Å². The fraction of sp³-hybridized carbons (Fsp3) is 0.158. The topological polar surface area (TPSA) is 39.1 Å². The molecule has 3 rings (SSSR count). The van der Waals surface area contributed by atoms with Crippen LogP contribution in [0, 0.1) is 20.8 Å². The first-order valence-corrected chi connectivity index (χ1v) is 8.87. The first-order valence-electron chi connectivity index (χ1n) is 7.43. The molecule has 118 valence electrons. The number of hydrogen-bond acceptors (Lipinski definition) is 2. The molecule has 0 aliphatic carbocycles. The van der Waals surface area contributed by atoms with E-state index in [9.17, 15) is 8.42 Å². The molecule has 23 heavy (non-hydrogen) atoms. The maximum Gasteiger partial charge on any atom is 0.268 e. The molecule has 0 fully saturated rings. The maximum atomic E-state index is 13.1. The zero-order chi connectivity index (χ0) is 16.8. The summed E-state index contributed by atoms with van der Waals surface area (Å²) in [4.78, 5) is 0.298. The SMILES string of the molecule is C=Cc1cccc2c1c(C)c(C)n2S(=O)(=O)c1ccc(C)cc1. The minimum Gasteiger partial charge on any atom is -0.238 e. The Kier molecular flexibility index (Phi) is 3.65. The molecule has 0 radical (unpaired) electrons. The standard InChI is InChI=1S/C19H19NO2S/c1-5-16-7-6-8-18-19(16)14(3)15(4)20(18)23(21,22)17-11-9-13(2)10-12-17/h5-12H,1H2,2-4H3. The second kappa shape index (κ2) is 5.39. The highest BCUT2D eigenvalue weighted by atomic mass is 32.2. The van der Waals surface area contributed by atoms with Crippen LogP contribution < -0.4 is 0 Å². The van der Waals surface area contributed by atoms with Crippen LogP contribution in [0.5, 0.6) is 0 Å². The Labute approximate surface area is 136 Å². The predicted molar refractivity (Wildman–Crippen MR) is 95.3 cm³/mol. The molecule has 0 saturated heterocycles. The maximum absolute atomic E-state index is 13.1. The molecule has 3 aromatic rings. The lowest BCUT2D eigenvalue weighted by molar-refractivity contribution is 0.588. The Bertz CT molecular complexity index is 1010. The van der Waals surface area contributed by atoms with Crippen molar-refractivity contribution >= 4 is 27.0 Å². The summed E-state index contributed by atoms with van der Waals surface area (Å²) in [6.45, 7) is 9.56. The van der Waals surface area contributed by atoms with Crippen LogP contribution in [0.2, 0.25) is 0 Å². The van der Waals surface area contributed by atoms with Crippen LogP contribution in [0.15, 0.2) is 53.9 Å². The summed E-state index contributed by atoms with van der Waals surface area (Å²) in [6.07, 6.45) is 1.76. The van der Waals surface area contributed by atoms with Crippen molar-refractivity contribution in [2.45, 2.75) is 25.7 Å². The van der Waals surface area contributed by atoms with Gasteiger partial charge in [-0.3, -0.25) is 0 Å². The quantitative estimate of drug-likeness (QED) is 0.714. The molecule has 1 aromatic heterocycles. The zero-order valence-corrected chi connectivity index (χ0v) is 14.3. The van der Waals surface area contributed by atoms with Gasteiger partial charge in [0.15, 0.2) is 0 Å². The molecule has 0 atom stereocenters. The summed E-state index contributed by atoms with van der Waals surface area (Å²) < 4.78 is 27.7. The van der Waals surface area contributed by atoms with E-state index >= 15 is 0 Å². The largest absolute Gasteiger partial charge is 0.268 e. The van der Waals surface area contributed by atoms with E-state index in [1.807, 2.05) is 51.1 Å². The van der Waals surface area contributed by atoms with Gasteiger partial charge in [0.1, 0.15) is 0 Å². The molecule has 0 spiro atoms. The van der Waals surface area contributed by atoms with Gasteiger partial charge in [0.2, 0.25) is 0 Å². The number of aromatic nitrogens is 1. The van der Waals surface area contributed by atoms with Crippen LogP contribution in [0.1, 0.15) is 22.4 Å². The fourth-order valence-corrected chi connectivity index (χ4v) is 4.54. The van der Waals surface area contributed by atoms with Crippen LogP contribution >= 0.6 is 0 Å². The second-order valence-electron chi connectivity index (χ2n) is 5.74. The number of rotatable bonds is 3. The van der Waals surface area contributed by atoms with Gasteiger partial charge in [-0.05, 0) is 50.1 Å². The lowest BCUT2D eigenvalue weighted by atomic mass is 10.1. The molecular weight excluding hydrogens is 306 g/mol. The molecule has 4 heteroatoms. The van der Waals surface area contributed by atoms with Crippen LogP contribution in [0.25, 0.3) is 17.0 Å². The van der Waals surface area contributed by atoms with Crippen LogP contribution in [-0.4, -0.2) is 12.4 Å². The molecule has 1 heterocycles. The number of benzene rings is 2.